The Labute approximate surface area is 83.8 Å². The molecule has 0 spiro atoms. The van der Waals surface area contributed by atoms with E-state index in [1.807, 2.05) is 0 Å². The summed E-state index contributed by atoms with van der Waals surface area (Å²) in [5.41, 5.74) is 0.555. The summed E-state index contributed by atoms with van der Waals surface area (Å²) in [7, 11) is 0. The minimum Gasteiger partial charge on any atom is -0.490 e. The highest BCUT2D eigenvalue weighted by atomic mass is 79.9. The lowest BCUT2D eigenvalue weighted by atomic mass is 10.2. The number of rotatable bonds is 4. The second kappa shape index (κ2) is 4.97. The molecule has 0 aromatic heterocycles. The van der Waals surface area contributed by atoms with Crippen LogP contribution >= 0.6 is 15.9 Å². The maximum Gasteiger partial charge on any atom is 0.150 e. The maximum absolute atomic E-state index is 11.8. The van der Waals surface area contributed by atoms with Crippen molar-refractivity contribution < 1.29 is 13.9 Å². The van der Waals surface area contributed by atoms with Gasteiger partial charge in [-0.15, -0.1) is 0 Å². The molecule has 0 aliphatic carbocycles. The lowest BCUT2D eigenvalue weighted by molar-refractivity contribution is 0.112. The summed E-state index contributed by atoms with van der Waals surface area (Å²) in [5.74, 6) is 0.545. The van der Waals surface area contributed by atoms with Gasteiger partial charge in [-0.25, -0.2) is 4.39 Å². The molecular weight excluding hydrogens is 239 g/mol. The molecule has 0 fully saturated rings. The third-order valence-corrected chi connectivity index (χ3v) is 2.05. The van der Waals surface area contributed by atoms with Gasteiger partial charge in [0.1, 0.15) is 25.3 Å². The normalized spacial score (nSPS) is 9.69. The Morgan fingerprint density at radius 2 is 2.31 bits per heavy atom. The van der Waals surface area contributed by atoms with E-state index in [1.54, 1.807) is 18.2 Å². The predicted octanol–water partition coefficient (Wildman–Crippen LogP) is 2.61. The van der Waals surface area contributed by atoms with Crippen LogP contribution in [0, 0.1) is 0 Å². The van der Waals surface area contributed by atoms with Gasteiger partial charge in [-0.1, -0.05) is 0 Å². The molecule has 0 aliphatic heterocycles. The van der Waals surface area contributed by atoms with E-state index in [0.29, 0.717) is 15.8 Å². The largest absolute Gasteiger partial charge is 0.490 e. The molecule has 0 N–H and O–H groups in total. The Morgan fingerprint density at radius 3 is 2.85 bits per heavy atom. The molecule has 0 unspecified atom stereocenters. The second-order valence-electron chi connectivity index (χ2n) is 2.35. The molecule has 1 aromatic carbocycles. The van der Waals surface area contributed by atoms with Crippen molar-refractivity contribution in [3.8, 4) is 5.75 Å². The molecule has 0 aliphatic rings. The van der Waals surface area contributed by atoms with E-state index < -0.39 is 6.67 Å². The van der Waals surface area contributed by atoms with E-state index in [2.05, 4.69) is 15.9 Å². The summed E-state index contributed by atoms with van der Waals surface area (Å²) < 4.78 is 17.5. The van der Waals surface area contributed by atoms with Crippen molar-refractivity contribution in [1.29, 1.82) is 0 Å². The Kier molecular flexibility index (Phi) is 3.89. The van der Waals surface area contributed by atoms with Gasteiger partial charge in [-0.2, -0.15) is 0 Å². The molecule has 0 heterocycles. The number of carbonyl (C=O) groups excluding carboxylic acids is 1. The highest BCUT2D eigenvalue weighted by Crippen LogP contribution is 2.25. The van der Waals surface area contributed by atoms with Crippen LogP contribution in [-0.4, -0.2) is 19.6 Å². The first-order valence-electron chi connectivity index (χ1n) is 3.71. The van der Waals surface area contributed by atoms with Crippen molar-refractivity contribution in [2.75, 3.05) is 13.3 Å². The molecule has 0 saturated carbocycles. The highest BCUT2D eigenvalue weighted by Gasteiger charge is 2.01. The third-order valence-electron chi connectivity index (χ3n) is 1.43. The fraction of sp³-hybridized carbons (Fsp3) is 0.222. The van der Waals surface area contributed by atoms with Crippen molar-refractivity contribution in [3.63, 3.8) is 0 Å². The van der Waals surface area contributed by atoms with Gasteiger partial charge in [0, 0.05) is 5.56 Å². The van der Waals surface area contributed by atoms with Crippen LogP contribution in [0.25, 0.3) is 0 Å². The SMILES string of the molecule is O=Cc1ccc(OCCF)c(Br)c1. The topological polar surface area (TPSA) is 26.3 Å². The summed E-state index contributed by atoms with van der Waals surface area (Å²) in [5, 5.41) is 0. The molecule has 4 heteroatoms. The molecule has 0 atom stereocenters. The first kappa shape index (κ1) is 10.2. The number of carbonyl (C=O) groups is 1. The number of halogens is 2. The Morgan fingerprint density at radius 1 is 1.54 bits per heavy atom. The summed E-state index contributed by atoms with van der Waals surface area (Å²) in [6.45, 7) is -0.499. The van der Waals surface area contributed by atoms with Crippen LogP contribution < -0.4 is 4.74 Å². The number of hydrogen-bond acceptors (Lipinski definition) is 2. The fourth-order valence-corrected chi connectivity index (χ4v) is 1.37. The Hall–Kier alpha value is -0.900. The lowest BCUT2D eigenvalue weighted by Gasteiger charge is -2.05. The van der Waals surface area contributed by atoms with Gasteiger partial charge in [-0.3, -0.25) is 4.79 Å². The molecule has 0 saturated heterocycles. The van der Waals surface area contributed by atoms with Crippen molar-refractivity contribution >= 4 is 22.2 Å². The molecule has 13 heavy (non-hydrogen) atoms. The number of aldehydes is 1. The van der Waals surface area contributed by atoms with E-state index >= 15 is 0 Å². The highest BCUT2D eigenvalue weighted by molar-refractivity contribution is 9.10. The monoisotopic (exact) mass is 246 g/mol. The lowest BCUT2D eigenvalue weighted by Crippen LogP contribution is -1.99. The van der Waals surface area contributed by atoms with Crippen molar-refractivity contribution in [2.24, 2.45) is 0 Å². The van der Waals surface area contributed by atoms with E-state index in [4.69, 9.17) is 4.74 Å². The molecule has 1 aromatic rings. The quantitative estimate of drug-likeness (QED) is 0.764. The number of ether oxygens (including phenoxy) is 1. The van der Waals surface area contributed by atoms with Crippen molar-refractivity contribution in [2.45, 2.75) is 0 Å². The number of benzene rings is 1. The number of hydrogen-bond donors (Lipinski definition) is 0. The Balaban J connectivity index is 2.79. The van der Waals surface area contributed by atoms with Crippen LogP contribution in [0.15, 0.2) is 22.7 Å². The zero-order chi connectivity index (χ0) is 9.68. The van der Waals surface area contributed by atoms with Gasteiger partial charge in [0.25, 0.3) is 0 Å². The Bertz CT molecular complexity index is 302. The molecular formula is C9H8BrFO2. The minimum atomic E-state index is -0.526. The van der Waals surface area contributed by atoms with Gasteiger partial charge in [-0.05, 0) is 34.1 Å². The average Bonchev–Trinajstić information content (AvgIpc) is 2.16. The number of alkyl halides is 1. The zero-order valence-electron chi connectivity index (χ0n) is 6.80. The van der Waals surface area contributed by atoms with Gasteiger partial charge >= 0.3 is 0 Å². The fourth-order valence-electron chi connectivity index (χ4n) is 0.856. The molecule has 1 rings (SSSR count). The average molecular weight is 247 g/mol. The van der Waals surface area contributed by atoms with E-state index in [-0.39, 0.29) is 6.61 Å². The van der Waals surface area contributed by atoms with E-state index in [0.717, 1.165) is 6.29 Å². The van der Waals surface area contributed by atoms with Crippen LogP contribution in [0.4, 0.5) is 4.39 Å². The van der Waals surface area contributed by atoms with Crippen molar-refractivity contribution in [1.82, 2.24) is 0 Å². The predicted molar refractivity (Wildman–Crippen MR) is 51.0 cm³/mol. The van der Waals surface area contributed by atoms with Crippen LogP contribution in [-0.2, 0) is 0 Å². The first-order chi connectivity index (χ1) is 6.27. The maximum atomic E-state index is 11.8. The minimum absolute atomic E-state index is 0.0268. The molecule has 0 amide bonds. The van der Waals surface area contributed by atoms with E-state index in [9.17, 15) is 9.18 Å². The summed E-state index contributed by atoms with van der Waals surface area (Å²) >= 11 is 3.21. The van der Waals surface area contributed by atoms with Gasteiger partial charge in [0.15, 0.2) is 0 Å². The molecule has 70 valence electrons. The standard InChI is InChI=1S/C9H8BrFO2/c10-8-5-7(6-12)1-2-9(8)13-4-3-11/h1-2,5-6H,3-4H2. The van der Waals surface area contributed by atoms with Crippen LogP contribution in [0.3, 0.4) is 0 Å². The summed E-state index contributed by atoms with van der Waals surface area (Å²) in [6.07, 6.45) is 0.740. The van der Waals surface area contributed by atoms with Crippen molar-refractivity contribution in [3.05, 3.63) is 28.2 Å². The van der Waals surface area contributed by atoms with Crippen LogP contribution in [0.5, 0.6) is 5.75 Å². The molecule has 0 radical (unpaired) electrons. The summed E-state index contributed by atoms with van der Waals surface area (Å²) in [4.78, 5) is 10.4. The third kappa shape index (κ3) is 2.81. The summed E-state index contributed by atoms with van der Waals surface area (Å²) in [6, 6.07) is 4.87. The first-order valence-corrected chi connectivity index (χ1v) is 4.50. The second-order valence-corrected chi connectivity index (χ2v) is 3.20. The van der Waals surface area contributed by atoms with Crippen LogP contribution in [0.2, 0.25) is 0 Å². The zero-order valence-corrected chi connectivity index (χ0v) is 8.38. The van der Waals surface area contributed by atoms with Gasteiger partial charge in [0.2, 0.25) is 0 Å². The van der Waals surface area contributed by atoms with Gasteiger partial charge < -0.3 is 4.74 Å². The van der Waals surface area contributed by atoms with Gasteiger partial charge in [0.05, 0.1) is 4.47 Å². The smallest absolute Gasteiger partial charge is 0.150 e. The van der Waals surface area contributed by atoms with E-state index in [1.165, 1.54) is 0 Å². The van der Waals surface area contributed by atoms with Crippen LogP contribution in [0.1, 0.15) is 10.4 Å². The molecule has 0 bridgehead atoms. The molecule has 2 nitrogen and oxygen atoms in total.